The lowest BCUT2D eigenvalue weighted by Gasteiger charge is -2.07. The predicted octanol–water partition coefficient (Wildman–Crippen LogP) is 2.18. The molecule has 21 heavy (non-hydrogen) atoms. The molecule has 0 heterocycles. The number of nitrogens with one attached hydrogen (secondary N) is 1. The number of ether oxygens (including phenoxy) is 2. The number of unbranched alkanes of at least 4 members (excludes halogenated alkanes) is 2. The Hall–Kier alpha value is -2.08. The molecule has 0 unspecified atom stereocenters. The summed E-state index contributed by atoms with van der Waals surface area (Å²) in [6, 6.07) is 9.48. The molecule has 0 aliphatic rings. The molecule has 6 nitrogen and oxygen atoms in total. The number of hydrogen-bond donors (Lipinski definition) is 2. The number of alkyl carbamates (subject to hydrolysis) is 1. The Bertz CT molecular complexity index is 421. The van der Waals surface area contributed by atoms with Crippen LogP contribution in [0.3, 0.4) is 0 Å². The molecular weight excluding hydrogens is 274 g/mol. The van der Waals surface area contributed by atoms with E-state index in [1.807, 2.05) is 30.3 Å². The van der Waals surface area contributed by atoms with Crippen molar-refractivity contribution in [2.75, 3.05) is 19.8 Å². The van der Waals surface area contributed by atoms with Gasteiger partial charge in [-0.3, -0.25) is 0 Å². The average Bonchev–Trinajstić information content (AvgIpc) is 2.48. The van der Waals surface area contributed by atoms with Gasteiger partial charge < -0.3 is 19.9 Å². The molecular formula is C15H21NO5. The lowest BCUT2D eigenvalue weighted by Crippen LogP contribution is -2.25. The highest BCUT2D eigenvalue weighted by molar-refractivity contribution is 5.68. The van der Waals surface area contributed by atoms with E-state index in [9.17, 15) is 9.59 Å². The fourth-order valence-electron chi connectivity index (χ4n) is 1.63. The number of carbonyl (C=O) groups is 2. The molecule has 1 amide bonds. The second-order valence-corrected chi connectivity index (χ2v) is 4.50. The van der Waals surface area contributed by atoms with Crippen LogP contribution in [0.4, 0.5) is 4.79 Å². The first-order chi connectivity index (χ1) is 10.2. The fraction of sp³-hybridized carbons (Fsp3) is 0.467. The Morgan fingerprint density at radius 1 is 1.10 bits per heavy atom. The quantitative estimate of drug-likeness (QED) is 0.646. The molecule has 0 aromatic heterocycles. The zero-order chi connectivity index (χ0) is 15.3. The van der Waals surface area contributed by atoms with E-state index < -0.39 is 12.1 Å². The average molecular weight is 295 g/mol. The highest BCUT2D eigenvalue weighted by Gasteiger charge is 2.01. The van der Waals surface area contributed by atoms with Gasteiger partial charge in [-0.1, -0.05) is 30.3 Å². The van der Waals surface area contributed by atoms with Crippen molar-refractivity contribution < 1.29 is 24.2 Å². The Labute approximate surface area is 124 Å². The fourth-order valence-corrected chi connectivity index (χ4v) is 1.63. The number of aliphatic carboxylic acids is 1. The van der Waals surface area contributed by atoms with Crippen molar-refractivity contribution >= 4 is 12.1 Å². The first kappa shape index (κ1) is 17.0. The van der Waals surface area contributed by atoms with E-state index in [0.717, 1.165) is 24.8 Å². The summed E-state index contributed by atoms with van der Waals surface area (Å²) in [6.07, 6.45) is 2.00. The Morgan fingerprint density at radius 3 is 2.57 bits per heavy atom. The largest absolute Gasteiger partial charge is 0.480 e. The van der Waals surface area contributed by atoms with Crippen LogP contribution >= 0.6 is 0 Å². The van der Waals surface area contributed by atoms with Crippen LogP contribution in [0.1, 0.15) is 24.8 Å². The van der Waals surface area contributed by atoms with Crippen LogP contribution in [-0.2, 0) is 20.9 Å². The Morgan fingerprint density at radius 2 is 1.86 bits per heavy atom. The maximum absolute atomic E-state index is 11.4. The van der Waals surface area contributed by atoms with E-state index in [2.05, 4.69) is 5.32 Å². The van der Waals surface area contributed by atoms with Crippen molar-refractivity contribution in [2.24, 2.45) is 0 Å². The van der Waals surface area contributed by atoms with Crippen LogP contribution in [0.25, 0.3) is 0 Å². The number of hydrogen-bond acceptors (Lipinski definition) is 4. The minimum absolute atomic E-state index is 0.260. The highest BCUT2D eigenvalue weighted by Crippen LogP contribution is 2.00. The molecule has 0 atom stereocenters. The van der Waals surface area contributed by atoms with Crippen LogP contribution in [0.2, 0.25) is 0 Å². The van der Waals surface area contributed by atoms with Crippen molar-refractivity contribution in [3.05, 3.63) is 35.9 Å². The molecule has 0 aliphatic heterocycles. The van der Waals surface area contributed by atoms with Gasteiger partial charge in [0.05, 0.1) is 0 Å². The van der Waals surface area contributed by atoms with Crippen LogP contribution in [0.15, 0.2) is 30.3 Å². The topological polar surface area (TPSA) is 84.9 Å². The van der Waals surface area contributed by atoms with Gasteiger partial charge >= 0.3 is 12.1 Å². The van der Waals surface area contributed by atoms with E-state index >= 15 is 0 Å². The lowest BCUT2D eigenvalue weighted by atomic mass is 10.2. The smallest absolute Gasteiger partial charge is 0.407 e. The molecule has 2 N–H and O–H groups in total. The molecule has 0 fully saturated rings. The number of amides is 1. The molecule has 1 aromatic rings. The number of carboxylic acids is 1. The Balaban J connectivity index is 1.93. The number of rotatable bonds is 10. The van der Waals surface area contributed by atoms with Crippen molar-refractivity contribution in [3.8, 4) is 0 Å². The van der Waals surface area contributed by atoms with Crippen molar-refractivity contribution in [2.45, 2.75) is 25.9 Å². The third-order valence-corrected chi connectivity index (χ3v) is 2.67. The van der Waals surface area contributed by atoms with Crippen molar-refractivity contribution in [1.82, 2.24) is 5.32 Å². The molecule has 0 saturated heterocycles. The van der Waals surface area contributed by atoms with Gasteiger partial charge in [-0.2, -0.15) is 0 Å². The molecule has 0 radical (unpaired) electrons. The third kappa shape index (κ3) is 9.45. The van der Waals surface area contributed by atoms with Crippen LogP contribution in [-0.4, -0.2) is 36.9 Å². The summed E-state index contributed by atoms with van der Waals surface area (Å²) < 4.78 is 9.96. The first-order valence-electron chi connectivity index (χ1n) is 6.92. The summed E-state index contributed by atoms with van der Waals surface area (Å²) >= 11 is 0. The van der Waals surface area contributed by atoms with Gasteiger partial charge in [-0.15, -0.1) is 0 Å². The molecule has 116 valence electrons. The summed E-state index contributed by atoms with van der Waals surface area (Å²) in [4.78, 5) is 21.6. The van der Waals surface area contributed by atoms with E-state index in [0.29, 0.717) is 13.2 Å². The molecule has 0 saturated carbocycles. The molecule has 1 aromatic carbocycles. The van der Waals surface area contributed by atoms with Crippen LogP contribution in [0, 0.1) is 0 Å². The maximum atomic E-state index is 11.4. The van der Waals surface area contributed by atoms with Gasteiger partial charge in [0, 0.05) is 13.2 Å². The van der Waals surface area contributed by atoms with Gasteiger partial charge in [0.2, 0.25) is 0 Å². The number of carbonyl (C=O) groups excluding carboxylic acids is 1. The molecule has 0 bridgehead atoms. The molecule has 6 heteroatoms. The van der Waals surface area contributed by atoms with E-state index in [4.69, 9.17) is 14.6 Å². The van der Waals surface area contributed by atoms with Gasteiger partial charge in [-0.05, 0) is 24.8 Å². The summed E-state index contributed by atoms with van der Waals surface area (Å²) in [6.45, 7) is 0.955. The zero-order valence-corrected chi connectivity index (χ0v) is 11.9. The minimum Gasteiger partial charge on any atom is -0.480 e. The van der Waals surface area contributed by atoms with Gasteiger partial charge in [-0.25, -0.2) is 9.59 Å². The normalized spacial score (nSPS) is 10.1. The third-order valence-electron chi connectivity index (χ3n) is 2.67. The molecule has 1 rings (SSSR count). The minimum atomic E-state index is -0.960. The van der Waals surface area contributed by atoms with Crippen molar-refractivity contribution in [1.29, 1.82) is 0 Å². The molecule has 0 spiro atoms. The maximum Gasteiger partial charge on any atom is 0.407 e. The molecule has 0 aliphatic carbocycles. The summed E-state index contributed by atoms with van der Waals surface area (Å²) in [5.74, 6) is -0.960. The number of benzene rings is 1. The van der Waals surface area contributed by atoms with E-state index in [1.165, 1.54) is 0 Å². The number of carboxylic acid groups (broad SMARTS) is 1. The zero-order valence-electron chi connectivity index (χ0n) is 11.9. The van der Waals surface area contributed by atoms with Crippen LogP contribution < -0.4 is 5.32 Å². The standard InChI is InChI=1S/C15H21NO5/c17-14(18)12-20-10-6-2-5-9-16-15(19)21-11-13-7-3-1-4-8-13/h1,3-4,7-8H,2,5-6,9-12H2,(H,16,19)(H,17,18). The van der Waals surface area contributed by atoms with E-state index in [1.54, 1.807) is 0 Å². The SMILES string of the molecule is O=C(O)COCCCCCNC(=O)OCc1ccccc1. The predicted molar refractivity (Wildman–Crippen MR) is 76.9 cm³/mol. The summed E-state index contributed by atoms with van der Waals surface area (Å²) in [5, 5.41) is 11.0. The monoisotopic (exact) mass is 295 g/mol. The first-order valence-corrected chi connectivity index (χ1v) is 6.92. The van der Waals surface area contributed by atoms with Gasteiger partial charge in [0.1, 0.15) is 13.2 Å². The van der Waals surface area contributed by atoms with Gasteiger partial charge in [0.15, 0.2) is 0 Å². The van der Waals surface area contributed by atoms with E-state index in [-0.39, 0.29) is 13.2 Å². The van der Waals surface area contributed by atoms with Crippen LogP contribution in [0.5, 0.6) is 0 Å². The summed E-state index contributed by atoms with van der Waals surface area (Å²) in [5.41, 5.74) is 0.947. The second-order valence-electron chi connectivity index (χ2n) is 4.50. The summed E-state index contributed by atoms with van der Waals surface area (Å²) in [7, 11) is 0. The highest BCUT2D eigenvalue weighted by atomic mass is 16.5. The second kappa shape index (κ2) is 10.7. The van der Waals surface area contributed by atoms with Gasteiger partial charge in [0.25, 0.3) is 0 Å². The lowest BCUT2D eigenvalue weighted by molar-refractivity contribution is -0.142. The van der Waals surface area contributed by atoms with Crippen molar-refractivity contribution in [3.63, 3.8) is 0 Å². The Kier molecular flexibility index (Phi) is 8.63.